The van der Waals surface area contributed by atoms with Crippen LogP contribution in [0.15, 0.2) is 33.9 Å². The molecule has 0 spiro atoms. The van der Waals surface area contributed by atoms with E-state index in [1.54, 1.807) is 36.3 Å². The molecule has 10 heteroatoms. The van der Waals surface area contributed by atoms with Crippen molar-refractivity contribution >= 4 is 29.0 Å². The van der Waals surface area contributed by atoms with Gasteiger partial charge in [0.2, 0.25) is 11.8 Å². The summed E-state index contributed by atoms with van der Waals surface area (Å²) in [6.07, 6.45) is 1.45. The predicted molar refractivity (Wildman–Crippen MR) is 131 cm³/mol. The molecular weight excluding hydrogens is 438 g/mol. The van der Waals surface area contributed by atoms with Gasteiger partial charge in [-0.25, -0.2) is 4.79 Å². The maximum atomic E-state index is 13.6. The maximum absolute atomic E-state index is 13.6. The molecule has 10 nitrogen and oxygen atoms in total. The van der Waals surface area contributed by atoms with Crippen LogP contribution < -0.4 is 31.5 Å². The second kappa shape index (κ2) is 10.6. The molecule has 0 saturated carbocycles. The van der Waals surface area contributed by atoms with Crippen LogP contribution in [0.25, 0.3) is 0 Å². The quantitative estimate of drug-likeness (QED) is 0.575. The van der Waals surface area contributed by atoms with Gasteiger partial charge in [0.25, 0.3) is 5.56 Å². The van der Waals surface area contributed by atoms with Gasteiger partial charge in [0.15, 0.2) is 5.69 Å². The fourth-order valence-electron chi connectivity index (χ4n) is 4.14. The lowest BCUT2D eigenvalue weighted by molar-refractivity contribution is -0.124. The topological polar surface area (TPSA) is 131 Å². The first-order chi connectivity index (χ1) is 16.2. The average Bonchev–Trinajstić information content (AvgIpc) is 3.19. The molecule has 0 radical (unpaired) electrons. The second-order valence-corrected chi connectivity index (χ2v) is 8.94. The smallest absolute Gasteiger partial charge is 0.330 e. The van der Waals surface area contributed by atoms with Crippen LogP contribution in [-0.4, -0.2) is 41.6 Å². The van der Waals surface area contributed by atoms with Gasteiger partial charge in [0.1, 0.15) is 11.6 Å². The summed E-state index contributed by atoms with van der Waals surface area (Å²) in [6, 6.07) is 7.04. The predicted octanol–water partition coefficient (Wildman–Crippen LogP) is 1.97. The molecule has 1 aliphatic heterocycles. The summed E-state index contributed by atoms with van der Waals surface area (Å²) in [4.78, 5) is 56.8. The minimum Gasteiger partial charge on any atom is -0.497 e. The van der Waals surface area contributed by atoms with Gasteiger partial charge in [0.05, 0.1) is 13.0 Å². The number of aromatic nitrogens is 2. The highest BCUT2D eigenvalue weighted by Gasteiger charge is 2.38. The third-order valence-corrected chi connectivity index (χ3v) is 5.89. The molecule has 1 aliphatic rings. The van der Waals surface area contributed by atoms with Gasteiger partial charge in [-0.15, -0.1) is 0 Å². The molecule has 1 aromatic heterocycles. The number of rotatable bonds is 9. The fraction of sp³-hybridized carbons (Fsp3) is 0.500. The number of ether oxygens (including phenoxy) is 1. The van der Waals surface area contributed by atoms with Gasteiger partial charge >= 0.3 is 5.69 Å². The van der Waals surface area contributed by atoms with Crippen LogP contribution in [0.2, 0.25) is 0 Å². The molecule has 2 aromatic rings. The van der Waals surface area contributed by atoms with E-state index in [0.29, 0.717) is 24.4 Å². The zero-order chi connectivity index (χ0) is 25.0. The molecule has 0 bridgehead atoms. The van der Waals surface area contributed by atoms with E-state index >= 15 is 0 Å². The minimum atomic E-state index is -0.705. The summed E-state index contributed by atoms with van der Waals surface area (Å²) in [5.41, 5.74) is 5.60. The molecule has 184 valence electrons. The zero-order valence-electron chi connectivity index (χ0n) is 20.2. The lowest BCUT2D eigenvalue weighted by Crippen LogP contribution is -2.44. The molecule has 1 fully saturated rings. The first kappa shape index (κ1) is 25.1. The maximum Gasteiger partial charge on any atom is 0.330 e. The van der Waals surface area contributed by atoms with E-state index in [1.165, 1.54) is 9.47 Å². The number of benzene rings is 1. The van der Waals surface area contributed by atoms with Crippen molar-refractivity contribution in [2.45, 2.75) is 46.6 Å². The zero-order valence-corrected chi connectivity index (χ0v) is 20.2. The monoisotopic (exact) mass is 471 g/mol. The van der Waals surface area contributed by atoms with Gasteiger partial charge in [-0.2, -0.15) is 0 Å². The molecule has 2 amide bonds. The summed E-state index contributed by atoms with van der Waals surface area (Å²) in [6.45, 7) is 6.58. The highest BCUT2D eigenvalue weighted by atomic mass is 16.5. The number of unbranched alkanes of at least 4 members (excludes halogenated alkanes) is 1. The van der Waals surface area contributed by atoms with Crippen molar-refractivity contribution in [3.05, 3.63) is 45.1 Å². The SMILES string of the molecule is CCCCN(C(=O)C1CC(=O)N(c2ccc(OC)cc2)C1)c1c(N)n(CC(C)C)c(=O)[nH]c1=O. The van der Waals surface area contributed by atoms with E-state index in [4.69, 9.17) is 10.5 Å². The van der Waals surface area contributed by atoms with Crippen LogP contribution >= 0.6 is 0 Å². The van der Waals surface area contributed by atoms with Crippen LogP contribution in [0.4, 0.5) is 17.2 Å². The summed E-state index contributed by atoms with van der Waals surface area (Å²) in [7, 11) is 1.56. The van der Waals surface area contributed by atoms with Gasteiger partial charge in [-0.05, 0) is 36.6 Å². The number of carbonyl (C=O) groups is 2. The largest absolute Gasteiger partial charge is 0.497 e. The summed E-state index contributed by atoms with van der Waals surface area (Å²) < 4.78 is 6.46. The van der Waals surface area contributed by atoms with Crippen LogP contribution in [0.1, 0.15) is 40.0 Å². The first-order valence-electron chi connectivity index (χ1n) is 11.6. The molecule has 1 atom stereocenters. The van der Waals surface area contributed by atoms with Gasteiger partial charge in [-0.3, -0.25) is 23.9 Å². The number of amides is 2. The van der Waals surface area contributed by atoms with Crippen molar-refractivity contribution in [3.8, 4) is 5.75 Å². The number of nitrogens with one attached hydrogen (secondary N) is 1. The number of methoxy groups -OCH3 is 1. The Balaban J connectivity index is 1.94. The highest BCUT2D eigenvalue weighted by Crippen LogP contribution is 2.29. The normalized spacial score (nSPS) is 15.7. The number of nitrogens with zero attached hydrogens (tertiary/aromatic N) is 3. The van der Waals surface area contributed by atoms with Crippen LogP contribution in [0, 0.1) is 11.8 Å². The van der Waals surface area contributed by atoms with Gasteiger partial charge < -0.3 is 20.3 Å². The third kappa shape index (κ3) is 5.16. The van der Waals surface area contributed by atoms with Crippen molar-refractivity contribution in [1.82, 2.24) is 9.55 Å². The van der Waals surface area contributed by atoms with E-state index in [1.807, 2.05) is 20.8 Å². The lowest BCUT2D eigenvalue weighted by Gasteiger charge is -2.27. The highest BCUT2D eigenvalue weighted by molar-refractivity contribution is 6.05. The molecule has 2 heterocycles. The Morgan fingerprint density at radius 1 is 1.24 bits per heavy atom. The first-order valence-corrected chi connectivity index (χ1v) is 11.6. The van der Waals surface area contributed by atoms with E-state index in [9.17, 15) is 19.2 Å². The Morgan fingerprint density at radius 2 is 1.91 bits per heavy atom. The van der Waals surface area contributed by atoms with Gasteiger partial charge in [-0.1, -0.05) is 27.2 Å². The number of nitrogen functional groups attached to an aromatic ring is 1. The standard InChI is InChI=1S/C24H33N5O5/c1-5-6-11-27(20-21(25)29(13-15(2)3)24(33)26-22(20)31)23(32)16-12-19(30)28(14-16)17-7-9-18(34-4)10-8-17/h7-10,15-16H,5-6,11-14,25H2,1-4H3,(H,26,31,33). The summed E-state index contributed by atoms with van der Waals surface area (Å²) in [5, 5.41) is 0. The van der Waals surface area contributed by atoms with Crippen molar-refractivity contribution in [2.75, 3.05) is 35.7 Å². The fourth-order valence-corrected chi connectivity index (χ4v) is 4.14. The number of carbonyl (C=O) groups excluding carboxylic acids is 2. The number of nitrogens with two attached hydrogens (primary N) is 1. The van der Waals surface area contributed by atoms with E-state index in [-0.39, 0.29) is 48.7 Å². The van der Waals surface area contributed by atoms with Crippen molar-refractivity contribution in [1.29, 1.82) is 0 Å². The van der Waals surface area contributed by atoms with E-state index in [0.717, 1.165) is 6.42 Å². The Labute approximate surface area is 198 Å². The Kier molecular flexibility index (Phi) is 7.80. The lowest BCUT2D eigenvalue weighted by atomic mass is 10.1. The molecule has 1 unspecified atom stereocenters. The Bertz CT molecular complexity index is 1150. The van der Waals surface area contributed by atoms with Crippen molar-refractivity contribution < 1.29 is 14.3 Å². The minimum absolute atomic E-state index is 0.0247. The number of aromatic amines is 1. The molecule has 1 aromatic carbocycles. The van der Waals surface area contributed by atoms with Crippen LogP contribution in [-0.2, 0) is 16.1 Å². The summed E-state index contributed by atoms with van der Waals surface area (Å²) >= 11 is 0. The van der Waals surface area contributed by atoms with E-state index in [2.05, 4.69) is 4.98 Å². The Hall–Kier alpha value is -3.56. The van der Waals surface area contributed by atoms with Crippen molar-refractivity contribution in [3.63, 3.8) is 0 Å². The molecule has 0 aliphatic carbocycles. The summed E-state index contributed by atoms with van der Waals surface area (Å²) in [5.74, 6) is -0.446. The average molecular weight is 472 g/mol. The van der Waals surface area contributed by atoms with E-state index < -0.39 is 17.2 Å². The molecule has 34 heavy (non-hydrogen) atoms. The second-order valence-electron chi connectivity index (χ2n) is 8.94. The third-order valence-electron chi connectivity index (χ3n) is 5.89. The molecule has 3 rings (SSSR count). The Morgan fingerprint density at radius 3 is 2.50 bits per heavy atom. The molecular formula is C24H33N5O5. The number of anilines is 3. The number of H-pyrrole nitrogens is 1. The van der Waals surface area contributed by atoms with Crippen LogP contribution in [0.3, 0.4) is 0 Å². The molecule has 1 saturated heterocycles. The van der Waals surface area contributed by atoms with Crippen LogP contribution in [0.5, 0.6) is 5.75 Å². The van der Waals surface area contributed by atoms with Crippen molar-refractivity contribution in [2.24, 2.45) is 11.8 Å². The van der Waals surface area contributed by atoms with Gasteiger partial charge in [0, 0.05) is 31.7 Å². The number of hydrogen-bond donors (Lipinski definition) is 2. The number of hydrogen-bond acceptors (Lipinski definition) is 6. The molecule has 3 N–H and O–H groups in total.